The predicted octanol–water partition coefficient (Wildman–Crippen LogP) is 2.29. The van der Waals surface area contributed by atoms with Gasteiger partial charge in [0.25, 0.3) is 0 Å². The highest BCUT2D eigenvalue weighted by Crippen LogP contribution is 2.45. The van der Waals surface area contributed by atoms with Gasteiger partial charge in [-0.2, -0.15) is 0 Å². The standard InChI is InChI=1S/C19H21FN2O3S/c20-17-7-4-9-21-18(17)25-12-16-8-10-26(23,24)19(16)13-22(14-19)11-15-5-2-1-3-6-15/h1-7,9,16H,8,10-14H2. The Kier molecular flexibility index (Phi) is 4.44. The number of pyridine rings is 1. The lowest BCUT2D eigenvalue weighted by Crippen LogP contribution is -2.67. The summed E-state index contributed by atoms with van der Waals surface area (Å²) in [5.41, 5.74) is 1.17. The fourth-order valence-electron chi connectivity index (χ4n) is 4.03. The Morgan fingerprint density at radius 1 is 1.19 bits per heavy atom. The number of halogens is 1. The molecule has 1 aromatic carbocycles. The van der Waals surface area contributed by atoms with Gasteiger partial charge >= 0.3 is 0 Å². The van der Waals surface area contributed by atoms with Crippen LogP contribution in [0, 0.1) is 11.7 Å². The molecule has 0 radical (unpaired) electrons. The van der Waals surface area contributed by atoms with Crippen molar-refractivity contribution in [2.45, 2.75) is 17.7 Å². The van der Waals surface area contributed by atoms with Crippen molar-refractivity contribution in [3.63, 3.8) is 0 Å². The van der Waals surface area contributed by atoms with Gasteiger partial charge in [0.05, 0.1) is 12.4 Å². The van der Waals surface area contributed by atoms with Crippen molar-refractivity contribution >= 4 is 9.84 Å². The molecule has 0 saturated carbocycles. The Balaban J connectivity index is 1.44. The van der Waals surface area contributed by atoms with Crippen LogP contribution in [0.5, 0.6) is 5.88 Å². The van der Waals surface area contributed by atoms with Crippen molar-refractivity contribution in [1.82, 2.24) is 9.88 Å². The number of hydrogen-bond acceptors (Lipinski definition) is 5. The third kappa shape index (κ3) is 2.99. The van der Waals surface area contributed by atoms with Gasteiger partial charge in [-0.05, 0) is 24.1 Å². The van der Waals surface area contributed by atoms with Crippen LogP contribution in [0.3, 0.4) is 0 Å². The zero-order valence-corrected chi connectivity index (χ0v) is 15.2. The Hall–Kier alpha value is -1.99. The van der Waals surface area contributed by atoms with Gasteiger partial charge in [0.2, 0.25) is 5.88 Å². The van der Waals surface area contributed by atoms with Crippen molar-refractivity contribution in [3.05, 3.63) is 60.0 Å². The zero-order chi connectivity index (χ0) is 18.2. The Labute approximate surface area is 152 Å². The van der Waals surface area contributed by atoms with Crippen molar-refractivity contribution in [3.8, 4) is 5.88 Å². The van der Waals surface area contributed by atoms with Crippen molar-refractivity contribution < 1.29 is 17.5 Å². The maximum Gasteiger partial charge on any atom is 0.250 e. The maximum absolute atomic E-state index is 13.7. The number of hydrogen-bond donors (Lipinski definition) is 0. The lowest BCUT2D eigenvalue weighted by Gasteiger charge is -2.50. The van der Waals surface area contributed by atoms with Crippen LogP contribution >= 0.6 is 0 Å². The minimum atomic E-state index is -3.17. The molecule has 7 heteroatoms. The number of aromatic nitrogens is 1. The molecule has 138 valence electrons. The molecular formula is C19H21FN2O3S. The van der Waals surface area contributed by atoms with Crippen molar-refractivity contribution in [1.29, 1.82) is 0 Å². The first-order valence-electron chi connectivity index (χ1n) is 8.72. The van der Waals surface area contributed by atoms with Crippen LogP contribution in [0.25, 0.3) is 0 Å². The molecule has 2 saturated heterocycles. The van der Waals surface area contributed by atoms with E-state index in [-0.39, 0.29) is 24.2 Å². The molecule has 0 amide bonds. The van der Waals surface area contributed by atoms with E-state index in [1.807, 2.05) is 30.3 Å². The first-order chi connectivity index (χ1) is 12.5. The summed E-state index contributed by atoms with van der Waals surface area (Å²) >= 11 is 0. The Bertz CT molecular complexity index is 883. The summed E-state index contributed by atoms with van der Waals surface area (Å²) in [7, 11) is -3.17. The molecule has 1 spiro atoms. The molecule has 1 atom stereocenters. The van der Waals surface area contributed by atoms with Crippen LogP contribution in [-0.2, 0) is 16.4 Å². The van der Waals surface area contributed by atoms with E-state index in [0.717, 1.165) is 6.54 Å². The molecule has 2 fully saturated rings. The zero-order valence-electron chi connectivity index (χ0n) is 14.3. The second-order valence-corrected chi connectivity index (χ2v) is 9.55. The van der Waals surface area contributed by atoms with Gasteiger partial charge in [-0.1, -0.05) is 30.3 Å². The third-order valence-electron chi connectivity index (χ3n) is 5.48. The van der Waals surface area contributed by atoms with Crippen LogP contribution in [-0.4, -0.2) is 48.5 Å². The highest BCUT2D eigenvalue weighted by Gasteiger charge is 2.61. The molecule has 0 aliphatic carbocycles. The molecule has 2 aliphatic heterocycles. The summed E-state index contributed by atoms with van der Waals surface area (Å²) < 4.78 is 43.8. The number of benzene rings is 1. The van der Waals surface area contributed by atoms with Gasteiger partial charge in [0, 0.05) is 31.7 Å². The molecule has 0 N–H and O–H groups in total. The molecule has 2 aliphatic rings. The monoisotopic (exact) mass is 376 g/mol. The summed E-state index contributed by atoms with van der Waals surface area (Å²) in [6.07, 6.45) is 2.01. The van der Waals surface area contributed by atoms with E-state index in [0.29, 0.717) is 19.5 Å². The van der Waals surface area contributed by atoms with E-state index in [2.05, 4.69) is 9.88 Å². The van der Waals surface area contributed by atoms with E-state index < -0.39 is 20.4 Å². The molecule has 0 bridgehead atoms. The normalized spacial score (nSPS) is 23.7. The Morgan fingerprint density at radius 3 is 2.69 bits per heavy atom. The van der Waals surface area contributed by atoms with Crippen LogP contribution < -0.4 is 4.74 Å². The average molecular weight is 376 g/mol. The van der Waals surface area contributed by atoms with Gasteiger partial charge in [0.1, 0.15) is 4.75 Å². The summed E-state index contributed by atoms with van der Waals surface area (Å²) in [5, 5.41) is 0. The van der Waals surface area contributed by atoms with Gasteiger partial charge in [-0.25, -0.2) is 17.8 Å². The highest BCUT2D eigenvalue weighted by molar-refractivity contribution is 7.93. The molecule has 26 heavy (non-hydrogen) atoms. The van der Waals surface area contributed by atoms with Gasteiger partial charge in [-0.15, -0.1) is 0 Å². The molecule has 1 aromatic heterocycles. The van der Waals surface area contributed by atoms with E-state index in [1.54, 1.807) is 0 Å². The van der Waals surface area contributed by atoms with E-state index in [9.17, 15) is 12.8 Å². The summed E-state index contributed by atoms with van der Waals surface area (Å²) in [6.45, 7) is 1.92. The predicted molar refractivity (Wildman–Crippen MR) is 96.0 cm³/mol. The maximum atomic E-state index is 13.7. The smallest absolute Gasteiger partial charge is 0.250 e. The lowest BCUT2D eigenvalue weighted by molar-refractivity contribution is 0.0573. The fraction of sp³-hybridized carbons (Fsp3) is 0.421. The molecule has 3 heterocycles. The second kappa shape index (κ2) is 6.63. The fourth-order valence-corrected chi connectivity index (χ4v) is 6.48. The van der Waals surface area contributed by atoms with Crippen molar-refractivity contribution in [2.24, 2.45) is 5.92 Å². The molecule has 4 rings (SSSR count). The third-order valence-corrected chi connectivity index (χ3v) is 8.08. The summed E-state index contributed by atoms with van der Waals surface area (Å²) in [4.78, 5) is 6.03. The van der Waals surface area contributed by atoms with Crippen LogP contribution in [0.1, 0.15) is 12.0 Å². The van der Waals surface area contributed by atoms with Crippen LogP contribution in [0.4, 0.5) is 4.39 Å². The van der Waals surface area contributed by atoms with Crippen molar-refractivity contribution in [2.75, 3.05) is 25.4 Å². The Morgan fingerprint density at radius 2 is 1.96 bits per heavy atom. The quantitative estimate of drug-likeness (QED) is 0.801. The van der Waals surface area contributed by atoms with Gasteiger partial charge in [0.15, 0.2) is 15.7 Å². The second-order valence-electron chi connectivity index (χ2n) is 7.10. The largest absolute Gasteiger partial charge is 0.475 e. The summed E-state index contributed by atoms with van der Waals surface area (Å²) in [6, 6.07) is 12.8. The van der Waals surface area contributed by atoms with Gasteiger partial charge < -0.3 is 4.74 Å². The van der Waals surface area contributed by atoms with Gasteiger partial charge in [-0.3, -0.25) is 4.90 Å². The molecule has 1 unspecified atom stereocenters. The molecular weight excluding hydrogens is 355 g/mol. The molecule has 2 aromatic rings. The SMILES string of the molecule is O=S1(=O)CCC(COc2ncccc2F)C12CN(Cc1ccccc1)C2. The number of likely N-dealkylation sites (tertiary alicyclic amines) is 1. The number of nitrogens with zero attached hydrogens (tertiary/aromatic N) is 2. The summed E-state index contributed by atoms with van der Waals surface area (Å²) in [5.74, 6) is -0.555. The van der Waals surface area contributed by atoms with E-state index in [1.165, 1.54) is 23.9 Å². The van der Waals surface area contributed by atoms with Crippen LogP contribution in [0.15, 0.2) is 48.7 Å². The number of rotatable bonds is 5. The van der Waals surface area contributed by atoms with Crippen LogP contribution in [0.2, 0.25) is 0 Å². The molecule has 5 nitrogen and oxygen atoms in total. The highest BCUT2D eigenvalue weighted by atomic mass is 32.2. The first-order valence-corrected chi connectivity index (χ1v) is 10.4. The average Bonchev–Trinajstić information content (AvgIpc) is 2.86. The number of sulfone groups is 1. The lowest BCUT2D eigenvalue weighted by atomic mass is 9.83. The minimum absolute atomic E-state index is 0.0626. The first kappa shape index (κ1) is 17.4. The minimum Gasteiger partial charge on any atom is -0.475 e. The topological polar surface area (TPSA) is 59.5 Å². The van der Waals surface area contributed by atoms with E-state index >= 15 is 0 Å². The van der Waals surface area contributed by atoms with E-state index in [4.69, 9.17) is 4.74 Å². The number of ether oxygens (including phenoxy) is 1.